The first-order valence-corrected chi connectivity index (χ1v) is 12.9. The van der Waals surface area contributed by atoms with Gasteiger partial charge >= 0.3 is 11.7 Å². The Balaban J connectivity index is 1.73. The van der Waals surface area contributed by atoms with E-state index < -0.39 is 35.5 Å². The summed E-state index contributed by atoms with van der Waals surface area (Å²) in [6.07, 6.45) is 2.49. The molecule has 12 heteroatoms. The maximum Gasteiger partial charge on any atom is 0.332 e. The second-order valence-corrected chi connectivity index (χ2v) is 10.3. The SMILES string of the molecule is COc1ccccc1C(Cn1c(=O)n(C[C@@H](C)C(=O)O)c(=O)c2c(-c3ncco3)c(C)sc21)OC1CCO1. The molecule has 5 rings (SSSR count). The minimum Gasteiger partial charge on any atom is -0.496 e. The van der Waals surface area contributed by atoms with Gasteiger partial charge in [0.2, 0.25) is 5.89 Å². The third kappa shape index (κ3) is 4.66. The van der Waals surface area contributed by atoms with Crippen LogP contribution in [0.5, 0.6) is 5.75 Å². The van der Waals surface area contributed by atoms with E-state index >= 15 is 0 Å². The molecule has 0 bridgehead atoms. The van der Waals surface area contributed by atoms with E-state index in [1.54, 1.807) is 13.2 Å². The molecule has 0 spiro atoms. The summed E-state index contributed by atoms with van der Waals surface area (Å²) in [5.41, 5.74) is -0.0382. The summed E-state index contributed by atoms with van der Waals surface area (Å²) in [6.45, 7) is 3.58. The van der Waals surface area contributed by atoms with Gasteiger partial charge in [-0.15, -0.1) is 11.3 Å². The van der Waals surface area contributed by atoms with Gasteiger partial charge in [0, 0.05) is 23.4 Å². The Kier molecular flexibility index (Phi) is 7.19. The average molecular weight is 542 g/mol. The van der Waals surface area contributed by atoms with Crippen LogP contribution in [0, 0.1) is 12.8 Å². The fourth-order valence-corrected chi connectivity index (χ4v) is 5.60. The fraction of sp³-hybridized carbons (Fsp3) is 0.385. The molecule has 0 radical (unpaired) electrons. The third-order valence-electron chi connectivity index (χ3n) is 6.56. The summed E-state index contributed by atoms with van der Waals surface area (Å²) in [6, 6.07) is 7.34. The smallest absolute Gasteiger partial charge is 0.332 e. The molecule has 1 N–H and O–H groups in total. The highest BCUT2D eigenvalue weighted by atomic mass is 32.1. The molecule has 3 aromatic heterocycles. The number of carbonyl (C=O) groups is 1. The van der Waals surface area contributed by atoms with E-state index in [4.69, 9.17) is 18.6 Å². The number of ether oxygens (including phenoxy) is 3. The molecule has 1 aromatic carbocycles. The Bertz CT molecular complexity index is 1580. The van der Waals surface area contributed by atoms with E-state index in [1.165, 1.54) is 35.3 Å². The van der Waals surface area contributed by atoms with Crippen molar-refractivity contribution in [3.05, 3.63) is 68.0 Å². The van der Waals surface area contributed by atoms with Gasteiger partial charge in [0.05, 0.1) is 43.3 Å². The molecule has 200 valence electrons. The molecule has 1 aliphatic heterocycles. The van der Waals surface area contributed by atoms with Crippen LogP contribution < -0.4 is 16.0 Å². The fourth-order valence-electron chi connectivity index (χ4n) is 4.47. The van der Waals surface area contributed by atoms with Crippen LogP contribution in [0.1, 0.15) is 29.9 Å². The van der Waals surface area contributed by atoms with Gasteiger partial charge in [0.1, 0.15) is 22.9 Å². The van der Waals surface area contributed by atoms with Gasteiger partial charge < -0.3 is 23.7 Å². The molecule has 1 saturated heterocycles. The Morgan fingerprint density at radius 3 is 2.66 bits per heavy atom. The van der Waals surface area contributed by atoms with Crippen LogP contribution in [0.25, 0.3) is 21.7 Å². The average Bonchev–Trinajstić information content (AvgIpc) is 3.52. The Morgan fingerprint density at radius 2 is 2.03 bits per heavy atom. The molecule has 2 unspecified atom stereocenters. The minimum atomic E-state index is -1.12. The summed E-state index contributed by atoms with van der Waals surface area (Å²) in [5.74, 6) is -1.26. The normalized spacial score (nSPS) is 16.8. The van der Waals surface area contributed by atoms with Crippen molar-refractivity contribution in [3.63, 3.8) is 0 Å². The molecule has 1 aliphatic rings. The highest BCUT2D eigenvalue weighted by molar-refractivity contribution is 7.19. The Hall–Kier alpha value is -3.74. The molecule has 38 heavy (non-hydrogen) atoms. The van der Waals surface area contributed by atoms with E-state index in [9.17, 15) is 19.5 Å². The van der Waals surface area contributed by atoms with Crippen molar-refractivity contribution in [1.29, 1.82) is 0 Å². The number of nitrogens with zero attached hydrogens (tertiary/aromatic N) is 3. The van der Waals surface area contributed by atoms with Gasteiger partial charge in [-0.25, -0.2) is 9.78 Å². The predicted octanol–water partition coefficient (Wildman–Crippen LogP) is 3.42. The number of fused-ring (bicyclic) bond motifs is 1. The molecule has 3 atom stereocenters. The molecule has 1 fully saturated rings. The second kappa shape index (κ2) is 10.6. The number of carboxylic acid groups (broad SMARTS) is 1. The first-order chi connectivity index (χ1) is 18.3. The lowest BCUT2D eigenvalue weighted by Gasteiger charge is -2.32. The number of oxazole rings is 1. The molecule has 0 saturated carbocycles. The van der Waals surface area contributed by atoms with Crippen molar-refractivity contribution >= 4 is 27.5 Å². The van der Waals surface area contributed by atoms with Crippen LogP contribution in [-0.4, -0.2) is 45.2 Å². The van der Waals surface area contributed by atoms with Crippen molar-refractivity contribution in [2.45, 2.75) is 45.8 Å². The van der Waals surface area contributed by atoms with Gasteiger partial charge in [-0.05, 0) is 13.0 Å². The number of thiophene rings is 1. The Morgan fingerprint density at radius 1 is 1.26 bits per heavy atom. The molecule has 0 aliphatic carbocycles. The molecular formula is C26H27N3O8S. The number of hydrogen-bond donors (Lipinski definition) is 1. The first kappa shape index (κ1) is 25.9. The molecule has 11 nitrogen and oxygen atoms in total. The van der Waals surface area contributed by atoms with Crippen LogP contribution in [0.2, 0.25) is 0 Å². The van der Waals surface area contributed by atoms with Crippen molar-refractivity contribution in [2.75, 3.05) is 13.7 Å². The standard InChI is InChI=1S/C26H27N3O8S/c1-14(25(31)32)12-28-23(30)21-20(22-27-9-11-36-22)15(2)38-24(21)29(26(28)33)13-18(37-19-8-10-35-19)16-6-4-5-7-17(16)34-3/h4-7,9,11,14,18-19H,8,10,12-13H2,1-3H3,(H,31,32)/t14-,18?,19?/m1/s1. The molecular weight excluding hydrogens is 514 g/mol. The van der Waals surface area contributed by atoms with Crippen LogP contribution in [0.3, 0.4) is 0 Å². The quantitative estimate of drug-likeness (QED) is 0.320. The van der Waals surface area contributed by atoms with Crippen LogP contribution in [0.4, 0.5) is 0 Å². The number of para-hydroxylation sites is 1. The van der Waals surface area contributed by atoms with Gasteiger partial charge in [-0.3, -0.25) is 18.7 Å². The second-order valence-electron chi connectivity index (χ2n) is 9.05. The summed E-state index contributed by atoms with van der Waals surface area (Å²) in [5, 5.41) is 9.75. The van der Waals surface area contributed by atoms with Gasteiger partial charge in [0.15, 0.2) is 6.29 Å². The minimum absolute atomic E-state index is 0.0300. The summed E-state index contributed by atoms with van der Waals surface area (Å²) >= 11 is 1.27. The zero-order chi connectivity index (χ0) is 27.0. The van der Waals surface area contributed by atoms with Gasteiger partial charge in [0.25, 0.3) is 5.56 Å². The van der Waals surface area contributed by atoms with Crippen molar-refractivity contribution in [1.82, 2.24) is 14.1 Å². The number of benzene rings is 1. The van der Waals surface area contributed by atoms with Gasteiger partial charge in [-0.1, -0.05) is 25.1 Å². The summed E-state index contributed by atoms with van der Waals surface area (Å²) in [7, 11) is 1.55. The van der Waals surface area contributed by atoms with E-state index in [2.05, 4.69) is 4.98 Å². The number of carboxylic acids is 1. The van der Waals surface area contributed by atoms with Crippen molar-refractivity contribution in [2.24, 2.45) is 5.92 Å². The number of methoxy groups -OCH3 is 1. The van der Waals surface area contributed by atoms with Crippen LogP contribution in [0.15, 0.2) is 50.7 Å². The third-order valence-corrected chi connectivity index (χ3v) is 7.69. The number of rotatable bonds is 10. The molecule has 0 amide bonds. The van der Waals surface area contributed by atoms with Crippen molar-refractivity contribution in [3.8, 4) is 17.2 Å². The predicted molar refractivity (Wildman–Crippen MR) is 139 cm³/mol. The first-order valence-electron chi connectivity index (χ1n) is 12.1. The summed E-state index contributed by atoms with van der Waals surface area (Å²) < 4.78 is 25.3. The lowest BCUT2D eigenvalue weighted by Crippen LogP contribution is -2.43. The zero-order valence-electron chi connectivity index (χ0n) is 21.1. The van der Waals surface area contributed by atoms with E-state index in [0.29, 0.717) is 34.7 Å². The number of aromatic nitrogens is 3. The van der Waals surface area contributed by atoms with Gasteiger partial charge in [-0.2, -0.15) is 0 Å². The van der Waals surface area contributed by atoms with Crippen LogP contribution >= 0.6 is 11.3 Å². The number of aryl methyl sites for hydroxylation is 1. The lowest BCUT2D eigenvalue weighted by atomic mass is 10.1. The maximum atomic E-state index is 13.8. The highest BCUT2D eigenvalue weighted by Gasteiger charge is 2.30. The maximum absolute atomic E-state index is 13.8. The topological polar surface area (TPSA) is 135 Å². The van der Waals surface area contributed by atoms with Crippen LogP contribution in [-0.2, 0) is 27.4 Å². The molecule has 4 aromatic rings. The number of hydrogen-bond acceptors (Lipinski definition) is 9. The van der Waals surface area contributed by atoms with Crippen molar-refractivity contribution < 1.29 is 28.5 Å². The lowest BCUT2D eigenvalue weighted by molar-refractivity contribution is -0.239. The summed E-state index contributed by atoms with van der Waals surface area (Å²) in [4.78, 5) is 44.5. The monoisotopic (exact) mass is 541 g/mol. The highest BCUT2D eigenvalue weighted by Crippen LogP contribution is 2.37. The largest absolute Gasteiger partial charge is 0.496 e. The zero-order valence-corrected chi connectivity index (χ0v) is 21.9. The van der Waals surface area contributed by atoms with E-state index in [0.717, 1.165) is 9.44 Å². The van der Waals surface area contributed by atoms with E-state index in [1.807, 2.05) is 25.1 Å². The molecule has 4 heterocycles. The Labute approximate surface area is 220 Å². The number of aliphatic carboxylic acids is 1. The van der Waals surface area contributed by atoms with E-state index in [-0.39, 0.29) is 24.4 Å².